The molecule has 3 rings (SSSR count). The summed E-state index contributed by atoms with van der Waals surface area (Å²) in [6.45, 7) is 3.97. The van der Waals surface area contributed by atoms with E-state index in [9.17, 15) is 14.7 Å². The van der Waals surface area contributed by atoms with Crippen molar-refractivity contribution in [2.24, 2.45) is 4.99 Å². The van der Waals surface area contributed by atoms with Gasteiger partial charge >= 0.3 is 0 Å². The molecule has 0 saturated heterocycles. The van der Waals surface area contributed by atoms with Crippen LogP contribution in [0.1, 0.15) is 35.2 Å². The smallest absolute Gasteiger partial charge is 0.255 e. The molecule has 1 aliphatic heterocycles. The Morgan fingerprint density at radius 1 is 1.10 bits per heavy atom. The van der Waals surface area contributed by atoms with Crippen molar-refractivity contribution in [1.29, 1.82) is 0 Å². The molecule has 1 aliphatic rings. The van der Waals surface area contributed by atoms with Crippen LogP contribution < -0.4 is 21.3 Å². The van der Waals surface area contributed by atoms with Gasteiger partial charge < -0.3 is 26.4 Å². The largest absolute Gasteiger partial charge is 0.507 e. The number of carbonyl (C=O) groups is 2. The van der Waals surface area contributed by atoms with Gasteiger partial charge in [-0.1, -0.05) is 30.3 Å². The molecular weight excluding hydrogens is 382 g/mol. The van der Waals surface area contributed by atoms with Crippen LogP contribution in [0.15, 0.2) is 53.5 Å². The van der Waals surface area contributed by atoms with Gasteiger partial charge in [0.15, 0.2) is 5.96 Å². The summed E-state index contributed by atoms with van der Waals surface area (Å²) in [5.41, 5.74) is 2.18. The second kappa shape index (κ2) is 10.3. The first-order valence-electron chi connectivity index (χ1n) is 10.1. The number of phenols is 1. The molecule has 0 fully saturated rings. The van der Waals surface area contributed by atoms with Crippen LogP contribution in [0.5, 0.6) is 5.75 Å². The summed E-state index contributed by atoms with van der Waals surface area (Å²) < 4.78 is 0. The van der Waals surface area contributed by atoms with Crippen molar-refractivity contribution in [3.63, 3.8) is 0 Å². The monoisotopic (exact) mass is 409 g/mol. The number of para-hydroxylation sites is 2. The molecule has 2 aromatic carbocycles. The predicted molar refractivity (Wildman–Crippen MR) is 117 cm³/mol. The minimum Gasteiger partial charge on any atom is -0.507 e. The van der Waals surface area contributed by atoms with Gasteiger partial charge in [0.05, 0.1) is 12.1 Å². The number of phenolic OH excluding ortho intramolecular Hbond substituents is 1. The summed E-state index contributed by atoms with van der Waals surface area (Å²) in [6.07, 6.45) is 0.399. The molecule has 30 heavy (non-hydrogen) atoms. The van der Waals surface area contributed by atoms with Crippen molar-refractivity contribution in [3.05, 3.63) is 59.7 Å². The number of amides is 2. The fourth-order valence-electron chi connectivity index (χ4n) is 3.33. The van der Waals surface area contributed by atoms with E-state index in [4.69, 9.17) is 0 Å². The van der Waals surface area contributed by atoms with E-state index >= 15 is 0 Å². The third-order valence-electron chi connectivity index (χ3n) is 4.77. The topological polar surface area (TPSA) is 115 Å². The van der Waals surface area contributed by atoms with Gasteiger partial charge in [-0.3, -0.25) is 14.6 Å². The van der Waals surface area contributed by atoms with Gasteiger partial charge in [0.1, 0.15) is 5.75 Å². The van der Waals surface area contributed by atoms with E-state index in [1.807, 2.05) is 31.2 Å². The Labute approximate surface area is 175 Å². The zero-order chi connectivity index (χ0) is 21.3. The van der Waals surface area contributed by atoms with E-state index in [-0.39, 0.29) is 29.0 Å². The fraction of sp³-hybridized carbons (Fsp3) is 0.318. The quantitative estimate of drug-likeness (QED) is 0.272. The van der Waals surface area contributed by atoms with E-state index in [0.29, 0.717) is 38.6 Å². The summed E-state index contributed by atoms with van der Waals surface area (Å²) in [7, 11) is 0. The summed E-state index contributed by atoms with van der Waals surface area (Å²) in [5, 5.41) is 21.8. The maximum absolute atomic E-state index is 12.1. The first-order valence-corrected chi connectivity index (χ1v) is 10.1. The maximum Gasteiger partial charge on any atom is 0.255 e. The lowest BCUT2D eigenvalue weighted by molar-refractivity contribution is -0.116. The molecule has 2 amide bonds. The molecule has 1 atom stereocenters. The zero-order valence-corrected chi connectivity index (χ0v) is 16.9. The van der Waals surface area contributed by atoms with Gasteiger partial charge in [0.25, 0.3) is 5.91 Å². The number of rotatable bonds is 7. The van der Waals surface area contributed by atoms with Crippen molar-refractivity contribution >= 4 is 23.5 Å². The fourth-order valence-corrected chi connectivity index (χ4v) is 3.33. The predicted octanol–water partition coefficient (Wildman–Crippen LogP) is 1.80. The van der Waals surface area contributed by atoms with Gasteiger partial charge in [-0.25, -0.2) is 0 Å². The zero-order valence-electron chi connectivity index (χ0n) is 16.9. The molecule has 0 spiro atoms. The Morgan fingerprint density at radius 2 is 1.83 bits per heavy atom. The number of guanidine groups is 1. The van der Waals surface area contributed by atoms with Crippen LogP contribution in [0.3, 0.4) is 0 Å². The van der Waals surface area contributed by atoms with Crippen LogP contribution in [-0.2, 0) is 4.79 Å². The average Bonchev–Trinajstić information content (AvgIpc) is 2.74. The molecule has 0 bridgehead atoms. The van der Waals surface area contributed by atoms with E-state index in [2.05, 4.69) is 26.3 Å². The van der Waals surface area contributed by atoms with Crippen molar-refractivity contribution in [3.8, 4) is 5.75 Å². The van der Waals surface area contributed by atoms with Gasteiger partial charge in [0.2, 0.25) is 5.91 Å². The van der Waals surface area contributed by atoms with E-state index in [0.717, 1.165) is 11.3 Å². The number of carbonyl (C=O) groups excluding carboxylic acids is 2. The van der Waals surface area contributed by atoms with Crippen molar-refractivity contribution < 1.29 is 14.7 Å². The van der Waals surface area contributed by atoms with Gasteiger partial charge in [-0.05, 0) is 30.7 Å². The Balaban J connectivity index is 1.53. The Bertz CT molecular complexity index is 928. The maximum atomic E-state index is 12.1. The van der Waals surface area contributed by atoms with E-state index in [1.54, 1.807) is 18.2 Å². The number of fused-ring (bicyclic) bond motifs is 1. The lowest BCUT2D eigenvalue weighted by Crippen LogP contribution is -2.41. The van der Waals surface area contributed by atoms with E-state index < -0.39 is 0 Å². The van der Waals surface area contributed by atoms with Crippen LogP contribution in [0.2, 0.25) is 0 Å². The molecule has 0 saturated carbocycles. The second-order valence-corrected chi connectivity index (χ2v) is 6.96. The third kappa shape index (κ3) is 5.50. The minimum absolute atomic E-state index is 0.00117. The van der Waals surface area contributed by atoms with Crippen LogP contribution >= 0.6 is 0 Å². The molecule has 2 aromatic rings. The van der Waals surface area contributed by atoms with E-state index in [1.165, 1.54) is 6.07 Å². The summed E-state index contributed by atoms with van der Waals surface area (Å²) in [6, 6.07) is 14.2. The highest BCUT2D eigenvalue weighted by Crippen LogP contribution is 2.31. The highest BCUT2D eigenvalue weighted by molar-refractivity contribution is 5.96. The number of aromatic hydroxyl groups is 1. The number of nitrogens with zero attached hydrogens (tertiary/aromatic N) is 1. The first kappa shape index (κ1) is 21.2. The number of hydrogen-bond acceptors (Lipinski definition) is 4. The number of benzene rings is 2. The van der Waals surface area contributed by atoms with Gasteiger partial charge in [0, 0.05) is 37.7 Å². The van der Waals surface area contributed by atoms with Crippen LogP contribution in [0.25, 0.3) is 0 Å². The Hall–Kier alpha value is -3.55. The molecule has 8 nitrogen and oxygen atoms in total. The summed E-state index contributed by atoms with van der Waals surface area (Å²) >= 11 is 0. The van der Waals surface area contributed by atoms with Gasteiger partial charge in [-0.2, -0.15) is 0 Å². The molecule has 158 valence electrons. The minimum atomic E-state index is -0.332. The standard InChI is InChI=1S/C22H27N5O3/c1-2-23-22(25-12-11-24-21(30)17-8-4-6-10-19(17)28)26-14-15-13-20(29)27-18-9-5-3-7-16(15)18/h3-10,15,28H,2,11-14H2,1H3,(H,24,30)(H,27,29)(H2,23,25,26). The number of aliphatic imine (C=N–C) groups is 1. The molecule has 1 unspecified atom stereocenters. The highest BCUT2D eigenvalue weighted by atomic mass is 16.3. The van der Waals surface area contributed by atoms with Gasteiger partial charge in [-0.15, -0.1) is 0 Å². The molecule has 1 heterocycles. The molecule has 0 aromatic heterocycles. The molecular formula is C22H27N5O3. The van der Waals surface area contributed by atoms with Crippen LogP contribution in [-0.4, -0.2) is 49.1 Å². The van der Waals surface area contributed by atoms with Crippen LogP contribution in [0.4, 0.5) is 5.69 Å². The Morgan fingerprint density at radius 3 is 2.63 bits per heavy atom. The second-order valence-electron chi connectivity index (χ2n) is 6.96. The van der Waals surface area contributed by atoms with Crippen molar-refractivity contribution in [2.75, 3.05) is 31.5 Å². The average molecular weight is 409 g/mol. The third-order valence-corrected chi connectivity index (χ3v) is 4.77. The normalized spacial score (nSPS) is 15.7. The SMILES string of the molecule is CCNC(=NCC1CC(=O)Nc2ccccc21)NCCNC(=O)c1ccccc1O. The lowest BCUT2D eigenvalue weighted by Gasteiger charge is -2.24. The molecule has 0 aliphatic carbocycles. The Kier molecular flexibility index (Phi) is 7.26. The lowest BCUT2D eigenvalue weighted by atomic mass is 9.91. The van der Waals surface area contributed by atoms with Crippen molar-refractivity contribution in [1.82, 2.24) is 16.0 Å². The molecule has 5 N–H and O–H groups in total. The highest BCUT2D eigenvalue weighted by Gasteiger charge is 2.24. The number of nitrogens with one attached hydrogen (secondary N) is 4. The molecule has 8 heteroatoms. The first-order chi connectivity index (χ1) is 14.6. The summed E-state index contributed by atoms with van der Waals surface area (Å²) in [5.74, 6) is 0.263. The van der Waals surface area contributed by atoms with Crippen molar-refractivity contribution in [2.45, 2.75) is 19.3 Å². The number of anilines is 1. The number of hydrogen-bond donors (Lipinski definition) is 5. The summed E-state index contributed by atoms with van der Waals surface area (Å²) in [4.78, 5) is 28.7. The molecule has 0 radical (unpaired) electrons. The van der Waals surface area contributed by atoms with Crippen LogP contribution in [0, 0.1) is 0 Å².